The Morgan fingerprint density at radius 1 is 1.09 bits per heavy atom. The highest BCUT2D eigenvalue weighted by atomic mass is 35.5. The Balaban J connectivity index is 1.14. The van der Waals surface area contributed by atoms with Crippen molar-refractivity contribution in [2.24, 2.45) is 0 Å². The van der Waals surface area contributed by atoms with E-state index in [9.17, 15) is 13.2 Å². The van der Waals surface area contributed by atoms with Crippen LogP contribution in [0.25, 0.3) is 11.4 Å². The van der Waals surface area contributed by atoms with Crippen LogP contribution in [-0.2, 0) is 29.7 Å². The van der Waals surface area contributed by atoms with Crippen LogP contribution >= 0.6 is 11.6 Å². The number of nitrogens with zero attached hydrogens (tertiary/aromatic N) is 4. The number of methoxy groups -OCH3 is 1. The molecule has 4 aromatic rings. The lowest BCUT2D eigenvalue weighted by atomic mass is 9.88. The molecule has 4 heterocycles. The lowest BCUT2D eigenvalue weighted by Gasteiger charge is -2.33. The minimum absolute atomic E-state index is 0.0274. The summed E-state index contributed by atoms with van der Waals surface area (Å²) in [6.07, 6.45) is -0.619. The van der Waals surface area contributed by atoms with Crippen LogP contribution in [0.5, 0.6) is 11.5 Å². The summed E-state index contributed by atoms with van der Waals surface area (Å²) in [4.78, 5) is 9.24. The molecule has 0 saturated carbocycles. The third-order valence-electron chi connectivity index (χ3n) is 8.04. The first-order valence-corrected chi connectivity index (χ1v) is 14.5. The van der Waals surface area contributed by atoms with Crippen LogP contribution < -0.4 is 9.47 Å². The molecule has 0 amide bonds. The second kappa shape index (κ2) is 11.8. The number of para-hydroxylation sites is 1. The van der Waals surface area contributed by atoms with E-state index in [-0.39, 0.29) is 5.82 Å². The van der Waals surface area contributed by atoms with Gasteiger partial charge in [-0.05, 0) is 80.2 Å². The average Bonchev–Trinajstić information content (AvgIpc) is 3.63. The highest BCUT2D eigenvalue weighted by molar-refractivity contribution is 6.30. The molecule has 0 spiro atoms. The van der Waals surface area contributed by atoms with Crippen molar-refractivity contribution in [3.05, 3.63) is 88.0 Å². The van der Waals surface area contributed by atoms with Gasteiger partial charge in [0, 0.05) is 48.5 Å². The number of alkyl halides is 3. The lowest BCUT2D eigenvalue weighted by molar-refractivity contribution is -0.144. The third-order valence-corrected chi connectivity index (χ3v) is 8.30. The Hall–Kier alpha value is -3.67. The van der Waals surface area contributed by atoms with Crippen molar-refractivity contribution in [2.75, 3.05) is 26.8 Å². The molecule has 226 valence electrons. The Kier molecular flexibility index (Phi) is 8.06. The summed E-state index contributed by atoms with van der Waals surface area (Å²) in [5.41, 5.74) is 4.25. The smallest absolute Gasteiger partial charge is 0.445 e. The molecule has 0 aliphatic carbocycles. The lowest BCUT2D eigenvalue weighted by Crippen LogP contribution is -2.33. The number of aromatic nitrogens is 4. The molecule has 1 atom stereocenters. The van der Waals surface area contributed by atoms with E-state index in [0.29, 0.717) is 36.1 Å². The minimum atomic E-state index is -4.60. The van der Waals surface area contributed by atoms with Crippen molar-refractivity contribution < 1.29 is 27.4 Å². The van der Waals surface area contributed by atoms with Crippen molar-refractivity contribution in [3.8, 4) is 22.9 Å². The van der Waals surface area contributed by atoms with Crippen LogP contribution in [-0.4, -0.2) is 51.9 Å². The zero-order valence-electron chi connectivity index (χ0n) is 23.7. The number of hydrogen-bond donors (Lipinski definition) is 1. The van der Waals surface area contributed by atoms with Gasteiger partial charge in [0.25, 0.3) is 5.79 Å². The summed E-state index contributed by atoms with van der Waals surface area (Å²) in [5, 5.41) is 7.57. The van der Waals surface area contributed by atoms with Gasteiger partial charge >= 0.3 is 6.18 Å². The second-order valence-electron chi connectivity index (χ2n) is 11.0. The molecule has 2 aliphatic heterocycles. The van der Waals surface area contributed by atoms with Gasteiger partial charge in [0.2, 0.25) is 5.82 Å². The van der Waals surface area contributed by atoms with Crippen molar-refractivity contribution in [1.82, 2.24) is 25.1 Å². The zero-order valence-corrected chi connectivity index (χ0v) is 24.5. The standard InChI is InChI=1S/C31H31ClF3N5O3/c1-30(22-6-8-23(32)9-7-22)42-26-5-3-4-24(27(26)43-30)19-10-13-40(14-11-19)18-25-20(12-15-41-2)16-21(17-36-25)28-37-29(39-38-28)31(33,34)35/h3-9,16-17,19H,10-15,18H2,1-2H3,(H,37,38,39). The fourth-order valence-electron chi connectivity index (χ4n) is 5.71. The largest absolute Gasteiger partial charge is 0.451 e. The molecule has 8 nitrogen and oxygen atoms in total. The average molecular weight is 614 g/mol. The number of ether oxygens (including phenoxy) is 3. The quantitative estimate of drug-likeness (QED) is 0.235. The molecular formula is C31H31ClF3N5O3. The van der Waals surface area contributed by atoms with Crippen LogP contribution in [0.2, 0.25) is 5.02 Å². The van der Waals surface area contributed by atoms with E-state index in [0.717, 1.165) is 59.8 Å². The van der Waals surface area contributed by atoms with Crippen LogP contribution in [0.4, 0.5) is 13.2 Å². The van der Waals surface area contributed by atoms with Crippen molar-refractivity contribution >= 4 is 11.6 Å². The summed E-state index contributed by atoms with van der Waals surface area (Å²) >= 11 is 6.08. The van der Waals surface area contributed by atoms with Crippen LogP contribution in [0, 0.1) is 0 Å². The number of rotatable bonds is 8. The van der Waals surface area contributed by atoms with Gasteiger partial charge < -0.3 is 19.2 Å². The number of likely N-dealkylation sites (tertiary alicyclic amines) is 1. The second-order valence-corrected chi connectivity index (χ2v) is 11.4. The van der Waals surface area contributed by atoms with Crippen molar-refractivity contribution in [2.45, 2.75) is 50.6 Å². The van der Waals surface area contributed by atoms with Crippen LogP contribution in [0.3, 0.4) is 0 Å². The number of nitrogens with one attached hydrogen (secondary N) is 1. The van der Waals surface area contributed by atoms with E-state index < -0.39 is 17.8 Å². The maximum atomic E-state index is 13.0. The summed E-state index contributed by atoms with van der Waals surface area (Å²) in [5.74, 6) is -0.208. The van der Waals surface area contributed by atoms with Crippen molar-refractivity contribution in [1.29, 1.82) is 0 Å². The summed E-state index contributed by atoms with van der Waals surface area (Å²) in [6, 6.07) is 15.4. The van der Waals surface area contributed by atoms with E-state index in [1.165, 1.54) is 0 Å². The Labute approximate surface area is 252 Å². The number of piperidine rings is 1. The molecule has 6 rings (SSSR count). The van der Waals surface area contributed by atoms with E-state index in [1.807, 2.05) is 49.4 Å². The first-order valence-electron chi connectivity index (χ1n) is 14.1. The maximum absolute atomic E-state index is 13.0. The van der Waals surface area contributed by atoms with Gasteiger partial charge in [0.15, 0.2) is 17.3 Å². The Bertz CT molecular complexity index is 1590. The van der Waals surface area contributed by atoms with Gasteiger partial charge in [0.1, 0.15) is 0 Å². The molecule has 2 aromatic carbocycles. The van der Waals surface area contributed by atoms with Gasteiger partial charge in [-0.3, -0.25) is 9.88 Å². The van der Waals surface area contributed by atoms with E-state index in [4.69, 9.17) is 25.8 Å². The summed E-state index contributed by atoms with van der Waals surface area (Å²) < 4.78 is 57.1. The third kappa shape index (κ3) is 6.20. The summed E-state index contributed by atoms with van der Waals surface area (Å²) in [7, 11) is 1.61. The molecule has 1 fully saturated rings. The molecule has 0 radical (unpaired) electrons. The van der Waals surface area contributed by atoms with Crippen LogP contribution in [0.15, 0.2) is 54.7 Å². The number of hydrogen-bond acceptors (Lipinski definition) is 7. The summed E-state index contributed by atoms with van der Waals surface area (Å²) in [6.45, 7) is 4.71. The topological polar surface area (TPSA) is 85.4 Å². The van der Waals surface area contributed by atoms with Crippen molar-refractivity contribution in [3.63, 3.8) is 0 Å². The zero-order chi connectivity index (χ0) is 30.2. The molecule has 2 aliphatic rings. The highest BCUT2D eigenvalue weighted by Crippen LogP contribution is 2.49. The molecule has 2 aromatic heterocycles. The molecule has 12 heteroatoms. The molecule has 1 N–H and O–H groups in total. The first-order chi connectivity index (χ1) is 20.6. The predicted molar refractivity (Wildman–Crippen MR) is 154 cm³/mol. The number of benzene rings is 2. The normalized spacial score (nSPS) is 19.2. The van der Waals surface area contributed by atoms with Gasteiger partial charge in [-0.25, -0.2) is 0 Å². The molecule has 1 saturated heterocycles. The van der Waals surface area contributed by atoms with E-state index in [2.05, 4.69) is 31.1 Å². The molecular weight excluding hydrogens is 583 g/mol. The number of aromatic amines is 1. The first kappa shape index (κ1) is 29.4. The minimum Gasteiger partial charge on any atom is -0.445 e. The number of halogens is 4. The molecule has 43 heavy (non-hydrogen) atoms. The van der Waals surface area contributed by atoms with Gasteiger partial charge in [-0.2, -0.15) is 13.2 Å². The fraction of sp³-hybridized carbons (Fsp3) is 0.387. The molecule has 0 bridgehead atoms. The van der Waals surface area contributed by atoms with Gasteiger partial charge in [0.05, 0.1) is 12.3 Å². The number of fused-ring (bicyclic) bond motifs is 1. The Morgan fingerprint density at radius 2 is 1.86 bits per heavy atom. The van der Waals surface area contributed by atoms with Crippen LogP contribution in [0.1, 0.15) is 53.9 Å². The highest BCUT2D eigenvalue weighted by Gasteiger charge is 2.41. The maximum Gasteiger partial charge on any atom is 0.451 e. The van der Waals surface area contributed by atoms with Gasteiger partial charge in [-0.15, -0.1) is 10.2 Å². The van der Waals surface area contributed by atoms with E-state index >= 15 is 0 Å². The predicted octanol–water partition coefficient (Wildman–Crippen LogP) is 6.75. The number of pyridine rings is 1. The SMILES string of the molecule is COCCc1cc(-c2nnc(C(F)(F)F)[nH]2)cnc1CN1CCC(c2cccc3c2OC(C)(c2ccc(Cl)cc2)O3)CC1. The monoisotopic (exact) mass is 613 g/mol. The van der Waals surface area contributed by atoms with Gasteiger partial charge in [-0.1, -0.05) is 23.7 Å². The van der Waals surface area contributed by atoms with E-state index in [1.54, 1.807) is 13.3 Å². The number of H-pyrrole nitrogens is 1. The Morgan fingerprint density at radius 3 is 2.56 bits per heavy atom. The molecule has 1 unspecified atom stereocenters. The fourth-order valence-corrected chi connectivity index (χ4v) is 5.84.